The third kappa shape index (κ3) is 7.63. The molecule has 0 fully saturated rings. The Labute approximate surface area is 207 Å². The largest absolute Gasteiger partial charge is 0.247 e. The Hall–Kier alpha value is -1.85. The second kappa shape index (κ2) is 12.4. The maximum Gasteiger partial charge on any atom is 0.247 e. The fraction of sp³-hybridized carbons (Fsp3) is 0.238. The summed E-state index contributed by atoms with van der Waals surface area (Å²) in [6.45, 7) is 1.76. The van der Waals surface area contributed by atoms with Crippen molar-refractivity contribution < 1.29 is 8.42 Å². The van der Waals surface area contributed by atoms with Crippen LogP contribution in [0.4, 0.5) is 0 Å². The Balaban J connectivity index is 0.000000303. The van der Waals surface area contributed by atoms with Crippen LogP contribution >= 0.6 is 46.0 Å². The molecular formula is C21H25ClN4O2S4. The summed E-state index contributed by atoms with van der Waals surface area (Å²) in [5.74, 6) is 0. The van der Waals surface area contributed by atoms with Gasteiger partial charge >= 0.3 is 0 Å². The molecule has 0 aliphatic heterocycles. The number of sulfone groups is 1. The maximum absolute atomic E-state index is 11.4. The highest BCUT2D eigenvalue weighted by molar-refractivity contribution is 7.98. The van der Waals surface area contributed by atoms with Crippen LogP contribution in [0.15, 0.2) is 57.5 Å². The standard InChI is InChI=1S/C10H10N2O2S2.C9H7ClN2S2.2CH4/c1-7-6-8(9-4-3-5-15-9)12-10(11-7)16(2,13)14;1-13-9-11-6(5-8(10)12-9)7-3-2-4-14-7;;/h3-6H,1-2H3;2-5H,1H3;2*1H4. The van der Waals surface area contributed by atoms with Gasteiger partial charge in [-0.25, -0.2) is 28.4 Å². The van der Waals surface area contributed by atoms with Crippen LogP contribution in [0.25, 0.3) is 21.1 Å². The Kier molecular flexibility index (Phi) is 10.9. The van der Waals surface area contributed by atoms with Gasteiger partial charge in [0.05, 0.1) is 21.1 Å². The number of thioether (sulfide) groups is 1. The molecule has 32 heavy (non-hydrogen) atoms. The van der Waals surface area contributed by atoms with Crippen LogP contribution in [0.3, 0.4) is 0 Å². The summed E-state index contributed by atoms with van der Waals surface area (Å²) in [5.41, 5.74) is 2.20. The Bertz CT molecular complexity index is 1230. The minimum atomic E-state index is -3.36. The first-order valence-electron chi connectivity index (χ1n) is 8.48. The van der Waals surface area contributed by atoms with Crippen LogP contribution in [0.1, 0.15) is 20.5 Å². The summed E-state index contributed by atoms with van der Waals surface area (Å²) < 4.78 is 22.8. The predicted octanol–water partition coefficient (Wildman–Crippen LogP) is 6.77. The quantitative estimate of drug-likeness (QED) is 0.164. The normalized spacial score (nSPS) is 10.4. The molecule has 172 valence electrons. The molecule has 0 amide bonds. The van der Waals surface area contributed by atoms with Crippen LogP contribution in [0, 0.1) is 6.92 Å². The van der Waals surface area contributed by atoms with E-state index in [1.165, 1.54) is 23.1 Å². The van der Waals surface area contributed by atoms with E-state index in [9.17, 15) is 8.42 Å². The van der Waals surface area contributed by atoms with E-state index in [2.05, 4.69) is 19.9 Å². The summed E-state index contributed by atoms with van der Waals surface area (Å²) in [5, 5.41) is 5.03. The fourth-order valence-corrected chi connectivity index (χ4v) is 4.86. The van der Waals surface area contributed by atoms with Gasteiger partial charge in [0.2, 0.25) is 15.0 Å². The molecule has 6 nitrogen and oxygen atoms in total. The summed E-state index contributed by atoms with van der Waals surface area (Å²) in [7, 11) is -3.36. The van der Waals surface area contributed by atoms with Crippen molar-refractivity contribution in [2.24, 2.45) is 0 Å². The Morgan fingerprint density at radius 2 is 1.47 bits per heavy atom. The van der Waals surface area contributed by atoms with Crippen LogP contribution in [0.5, 0.6) is 0 Å². The molecule has 4 rings (SSSR count). The third-order valence-electron chi connectivity index (χ3n) is 3.57. The lowest BCUT2D eigenvalue weighted by Gasteiger charge is -2.02. The van der Waals surface area contributed by atoms with E-state index in [4.69, 9.17) is 11.6 Å². The van der Waals surface area contributed by atoms with Gasteiger partial charge in [0.25, 0.3) is 0 Å². The number of thiophene rings is 2. The third-order valence-corrected chi connectivity index (χ3v) is 6.94. The predicted molar refractivity (Wildman–Crippen MR) is 139 cm³/mol. The van der Waals surface area contributed by atoms with E-state index >= 15 is 0 Å². The van der Waals surface area contributed by atoms with E-state index in [1.54, 1.807) is 30.4 Å². The lowest BCUT2D eigenvalue weighted by molar-refractivity contribution is 0.592. The Morgan fingerprint density at radius 3 is 1.94 bits per heavy atom. The molecule has 4 aromatic rings. The summed E-state index contributed by atoms with van der Waals surface area (Å²) >= 11 is 10.5. The second-order valence-corrected chi connectivity index (χ2v) is 10.9. The molecule has 0 atom stereocenters. The van der Waals surface area contributed by atoms with Crippen molar-refractivity contribution in [2.45, 2.75) is 32.1 Å². The first-order chi connectivity index (χ1) is 14.3. The molecule has 11 heteroatoms. The lowest BCUT2D eigenvalue weighted by Crippen LogP contribution is -2.05. The molecule has 4 aromatic heterocycles. The molecule has 0 aliphatic rings. The van der Waals surface area contributed by atoms with Crippen molar-refractivity contribution in [3.05, 3.63) is 58.0 Å². The molecule has 0 aromatic carbocycles. The average molecular weight is 529 g/mol. The zero-order valence-corrected chi connectivity index (χ0v) is 20.3. The van der Waals surface area contributed by atoms with Gasteiger partial charge in [0.15, 0.2) is 5.16 Å². The molecule has 0 spiro atoms. The van der Waals surface area contributed by atoms with Crippen molar-refractivity contribution in [3.8, 4) is 21.1 Å². The molecule has 0 bridgehead atoms. The summed E-state index contributed by atoms with van der Waals surface area (Å²) in [4.78, 5) is 18.5. The molecule has 0 saturated carbocycles. The number of nitrogens with zero attached hydrogens (tertiary/aromatic N) is 4. The van der Waals surface area contributed by atoms with E-state index in [-0.39, 0.29) is 20.0 Å². The molecule has 0 unspecified atom stereocenters. The highest BCUT2D eigenvalue weighted by Gasteiger charge is 2.14. The van der Waals surface area contributed by atoms with Gasteiger partial charge < -0.3 is 0 Å². The summed E-state index contributed by atoms with van der Waals surface area (Å²) in [6, 6.07) is 11.4. The lowest BCUT2D eigenvalue weighted by atomic mass is 10.3. The first kappa shape index (κ1) is 28.2. The minimum absolute atomic E-state index is 0. The van der Waals surface area contributed by atoms with Crippen molar-refractivity contribution >= 4 is 55.9 Å². The van der Waals surface area contributed by atoms with E-state index < -0.39 is 9.84 Å². The van der Waals surface area contributed by atoms with Gasteiger partial charge in [0, 0.05) is 18.0 Å². The van der Waals surface area contributed by atoms with Crippen molar-refractivity contribution in [1.29, 1.82) is 0 Å². The van der Waals surface area contributed by atoms with Crippen LogP contribution in [-0.4, -0.2) is 40.9 Å². The van der Waals surface area contributed by atoms with Crippen LogP contribution < -0.4 is 0 Å². The highest BCUT2D eigenvalue weighted by Crippen LogP contribution is 2.26. The van der Waals surface area contributed by atoms with E-state index in [1.807, 2.05) is 41.3 Å². The molecule has 4 heterocycles. The van der Waals surface area contributed by atoms with Crippen molar-refractivity contribution in [1.82, 2.24) is 19.9 Å². The smallest absolute Gasteiger partial charge is 0.224 e. The van der Waals surface area contributed by atoms with E-state index in [0.29, 0.717) is 21.7 Å². The average Bonchev–Trinajstić information content (AvgIpc) is 3.41. The zero-order valence-electron chi connectivity index (χ0n) is 16.2. The molecule has 0 radical (unpaired) electrons. The number of halogens is 1. The van der Waals surface area contributed by atoms with Gasteiger partial charge in [-0.3, -0.25) is 0 Å². The monoisotopic (exact) mass is 528 g/mol. The minimum Gasteiger partial charge on any atom is -0.224 e. The fourth-order valence-electron chi connectivity index (χ4n) is 2.30. The second-order valence-electron chi connectivity index (χ2n) is 5.97. The van der Waals surface area contributed by atoms with Gasteiger partial charge in [-0.1, -0.05) is 50.3 Å². The van der Waals surface area contributed by atoms with Crippen LogP contribution in [-0.2, 0) is 9.84 Å². The van der Waals surface area contributed by atoms with Gasteiger partial charge in [-0.05, 0) is 42.1 Å². The van der Waals surface area contributed by atoms with Crippen molar-refractivity contribution in [3.63, 3.8) is 0 Å². The number of aromatic nitrogens is 4. The maximum atomic E-state index is 11.4. The van der Waals surface area contributed by atoms with Crippen molar-refractivity contribution in [2.75, 3.05) is 12.5 Å². The molecule has 0 saturated heterocycles. The Morgan fingerprint density at radius 1 is 0.906 bits per heavy atom. The van der Waals surface area contributed by atoms with Crippen LogP contribution in [0.2, 0.25) is 5.15 Å². The molecular weight excluding hydrogens is 504 g/mol. The van der Waals surface area contributed by atoms with Gasteiger partial charge in [0.1, 0.15) is 5.15 Å². The number of hydrogen-bond acceptors (Lipinski definition) is 9. The number of rotatable bonds is 4. The van der Waals surface area contributed by atoms with Gasteiger partial charge in [-0.15, -0.1) is 22.7 Å². The molecule has 0 aliphatic carbocycles. The highest BCUT2D eigenvalue weighted by atomic mass is 35.5. The SMILES string of the molecule is C.C.CSc1nc(Cl)cc(-c2cccs2)n1.Cc1cc(-c2cccs2)nc(S(C)(=O)=O)n1. The van der Waals surface area contributed by atoms with E-state index in [0.717, 1.165) is 21.7 Å². The number of aryl methyl sites for hydroxylation is 1. The molecule has 0 N–H and O–H groups in total. The number of hydrogen-bond donors (Lipinski definition) is 0. The summed E-state index contributed by atoms with van der Waals surface area (Å²) in [6.07, 6.45) is 3.05. The zero-order chi connectivity index (χ0) is 21.7. The first-order valence-corrected chi connectivity index (χ1v) is 13.7. The van der Waals surface area contributed by atoms with Gasteiger partial charge in [-0.2, -0.15) is 0 Å². The topological polar surface area (TPSA) is 85.7 Å².